The first kappa shape index (κ1) is 11.6. The van der Waals surface area contributed by atoms with Gasteiger partial charge in [0, 0.05) is 46.8 Å². The minimum atomic E-state index is 1.07. The predicted molar refractivity (Wildman–Crippen MR) is 83.0 cm³/mol. The van der Waals surface area contributed by atoms with E-state index in [-0.39, 0.29) is 0 Å². The summed E-state index contributed by atoms with van der Waals surface area (Å²) in [6.07, 6.45) is 4.14. The molecule has 90 valence electrons. The summed E-state index contributed by atoms with van der Waals surface area (Å²) >= 11 is 4.42. The van der Waals surface area contributed by atoms with Crippen LogP contribution in [0.3, 0.4) is 0 Å². The molecule has 3 rings (SSSR count). The zero-order valence-corrected chi connectivity index (χ0v) is 12.7. The van der Waals surface area contributed by atoms with E-state index >= 15 is 0 Å². The zero-order chi connectivity index (χ0) is 11.8. The lowest BCUT2D eigenvalue weighted by Gasteiger charge is -2.28. The molecule has 0 aliphatic carbocycles. The van der Waals surface area contributed by atoms with Crippen LogP contribution in [-0.4, -0.2) is 34.1 Å². The first-order valence-electron chi connectivity index (χ1n) is 5.69. The minimum absolute atomic E-state index is 1.07. The van der Waals surface area contributed by atoms with Gasteiger partial charge in [-0.15, -0.1) is 0 Å². The lowest BCUT2D eigenvalue weighted by atomic mass is 10.3. The Morgan fingerprint density at radius 3 is 2.88 bits per heavy atom. The third kappa shape index (κ3) is 2.14. The fourth-order valence-electron chi connectivity index (χ4n) is 2.20. The van der Waals surface area contributed by atoms with Crippen molar-refractivity contribution in [2.75, 3.05) is 29.5 Å². The average Bonchev–Trinajstić information content (AvgIpc) is 2.66. The Hall–Kier alpha value is -0.430. The van der Waals surface area contributed by atoms with Gasteiger partial charge in [0.15, 0.2) is 0 Å². The summed E-state index contributed by atoms with van der Waals surface area (Å²) in [6, 6.07) is 2.28. The summed E-state index contributed by atoms with van der Waals surface area (Å²) in [6.45, 7) is 2.28. The van der Waals surface area contributed by atoms with Crippen molar-refractivity contribution in [1.82, 2.24) is 9.55 Å². The number of aryl methyl sites for hydroxylation is 1. The van der Waals surface area contributed by atoms with Crippen LogP contribution in [-0.2, 0) is 7.05 Å². The van der Waals surface area contributed by atoms with E-state index in [9.17, 15) is 0 Å². The molecule has 0 bridgehead atoms. The zero-order valence-electron chi connectivity index (χ0n) is 9.69. The lowest BCUT2D eigenvalue weighted by molar-refractivity contribution is 0.855. The maximum absolute atomic E-state index is 4.59. The van der Waals surface area contributed by atoms with Crippen LogP contribution in [0, 0.1) is 3.57 Å². The highest BCUT2D eigenvalue weighted by atomic mass is 127. The Labute approximate surface area is 119 Å². The quantitative estimate of drug-likeness (QED) is 0.731. The molecule has 17 heavy (non-hydrogen) atoms. The topological polar surface area (TPSA) is 21.1 Å². The van der Waals surface area contributed by atoms with Crippen molar-refractivity contribution in [2.45, 2.75) is 0 Å². The van der Waals surface area contributed by atoms with Crippen LogP contribution in [0.2, 0.25) is 0 Å². The van der Waals surface area contributed by atoms with Gasteiger partial charge in [-0.25, -0.2) is 4.98 Å². The molecule has 1 fully saturated rings. The Morgan fingerprint density at radius 2 is 2.12 bits per heavy atom. The Morgan fingerprint density at radius 1 is 1.35 bits per heavy atom. The number of hydrogen-bond donors (Lipinski definition) is 0. The van der Waals surface area contributed by atoms with Crippen LogP contribution < -0.4 is 4.90 Å². The third-order valence-electron chi connectivity index (χ3n) is 3.13. The molecule has 1 aliphatic rings. The first-order chi connectivity index (χ1) is 8.25. The number of nitrogens with zero attached hydrogens (tertiary/aromatic N) is 3. The molecule has 5 heteroatoms. The van der Waals surface area contributed by atoms with Crippen molar-refractivity contribution in [3.05, 3.63) is 22.0 Å². The molecular weight excluding hydrogens is 345 g/mol. The van der Waals surface area contributed by atoms with Crippen molar-refractivity contribution in [3.63, 3.8) is 0 Å². The average molecular weight is 359 g/mol. The smallest absolute Gasteiger partial charge is 0.140 e. The van der Waals surface area contributed by atoms with Crippen molar-refractivity contribution in [2.24, 2.45) is 7.05 Å². The highest BCUT2D eigenvalue weighted by Crippen LogP contribution is 2.26. The molecule has 0 N–H and O–H groups in total. The number of halogens is 1. The maximum Gasteiger partial charge on any atom is 0.140 e. The summed E-state index contributed by atoms with van der Waals surface area (Å²) in [4.78, 5) is 7.02. The van der Waals surface area contributed by atoms with Gasteiger partial charge in [-0.2, -0.15) is 11.8 Å². The van der Waals surface area contributed by atoms with Gasteiger partial charge in [0.05, 0.1) is 11.9 Å². The molecule has 0 amide bonds. The monoisotopic (exact) mass is 359 g/mol. The predicted octanol–water partition coefficient (Wildman–Crippen LogP) is 2.73. The molecule has 1 saturated heterocycles. The summed E-state index contributed by atoms with van der Waals surface area (Å²) in [7, 11) is 2.05. The number of pyridine rings is 1. The van der Waals surface area contributed by atoms with Crippen LogP contribution in [0.4, 0.5) is 5.69 Å². The Bertz CT molecular complexity index is 546. The van der Waals surface area contributed by atoms with E-state index in [1.54, 1.807) is 0 Å². The van der Waals surface area contributed by atoms with E-state index in [0.717, 1.165) is 18.7 Å². The van der Waals surface area contributed by atoms with Crippen LogP contribution in [0.1, 0.15) is 0 Å². The molecule has 0 atom stereocenters. The number of hydrogen-bond acceptors (Lipinski definition) is 3. The van der Waals surface area contributed by atoms with E-state index in [4.69, 9.17) is 0 Å². The molecule has 0 aromatic carbocycles. The standard InChI is InChI=1S/C12H14IN3S/c1-15-8-11(13)10-6-9(7-14-12(10)15)16-2-4-17-5-3-16/h6-8H,2-5H2,1H3. The van der Waals surface area contributed by atoms with Crippen molar-refractivity contribution < 1.29 is 0 Å². The van der Waals surface area contributed by atoms with Gasteiger partial charge in [0.25, 0.3) is 0 Å². The second-order valence-electron chi connectivity index (χ2n) is 4.25. The molecular formula is C12H14IN3S. The van der Waals surface area contributed by atoms with Crippen molar-refractivity contribution in [3.8, 4) is 0 Å². The van der Waals surface area contributed by atoms with Gasteiger partial charge in [-0.1, -0.05) is 0 Å². The third-order valence-corrected chi connectivity index (χ3v) is 4.93. The molecule has 3 heterocycles. The van der Waals surface area contributed by atoms with Crippen LogP contribution in [0.15, 0.2) is 18.5 Å². The van der Waals surface area contributed by atoms with Gasteiger partial charge >= 0.3 is 0 Å². The molecule has 2 aromatic rings. The fraction of sp³-hybridized carbons (Fsp3) is 0.417. The summed E-state index contributed by atoms with van der Waals surface area (Å²) < 4.78 is 3.37. The van der Waals surface area contributed by atoms with E-state index in [2.05, 4.69) is 56.4 Å². The number of aromatic nitrogens is 2. The number of fused-ring (bicyclic) bond motifs is 1. The van der Waals surface area contributed by atoms with Gasteiger partial charge in [-0.05, 0) is 28.7 Å². The Balaban J connectivity index is 2.03. The molecule has 0 saturated carbocycles. The second-order valence-corrected chi connectivity index (χ2v) is 6.64. The molecule has 0 spiro atoms. The molecule has 0 radical (unpaired) electrons. The largest absolute Gasteiger partial charge is 0.369 e. The summed E-state index contributed by atoms with van der Waals surface area (Å²) in [5, 5.41) is 1.27. The molecule has 2 aromatic heterocycles. The van der Waals surface area contributed by atoms with Gasteiger partial charge in [0.1, 0.15) is 5.65 Å². The van der Waals surface area contributed by atoms with E-state index < -0.39 is 0 Å². The molecule has 3 nitrogen and oxygen atoms in total. The van der Waals surface area contributed by atoms with Crippen molar-refractivity contribution in [1.29, 1.82) is 0 Å². The SMILES string of the molecule is Cn1cc(I)c2cc(N3CCSCC3)cnc21. The lowest BCUT2D eigenvalue weighted by Crippen LogP contribution is -2.32. The van der Waals surface area contributed by atoms with Crippen LogP contribution in [0.25, 0.3) is 11.0 Å². The first-order valence-corrected chi connectivity index (χ1v) is 7.92. The summed E-state index contributed by atoms with van der Waals surface area (Å²) in [5.41, 5.74) is 2.34. The number of anilines is 1. The Kier molecular flexibility index (Phi) is 3.21. The maximum atomic E-state index is 4.59. The minimum Gasteiger partial charge on any atom is -0.369 e. The van der Waals surface area contributed by atoms with E-state index in [1.807, 2.05) is 18.0 Å². The summed E-state index contributed by atoms with van der Waals surface area (Å²) in [5.74, 6) is 2.45. The second kappa shape index (κ2) is 4.68. The van der Waals surface area contributed by atoms with Crippen LogP contribution >= 0.6 is 34.4 Å². The highest BCUT2D eigenvalue weighted by molar-refractivity contribution is 14.1. The molecule has 0 unspecified atom stereocenters. The number of rotatable bonds is 1. The highest BCUT2D eigenvalue weighted by Gasteiger charge is 2.13. The normalized spacial score (nSPS) is 16.7. The van der Waals surface area contributed by atoms with E-state index in [0.29, 0.717) is 0 Å². The van der Waals surface area contributed by atoms with Crippen molar-refractivity contribution >= 4 is 51.1 Å². The fourth-order valence-corrected chi connectivity index (χ4v) is 3.92. The van der Waals surface area contributed by atoms with Gasteiger partial charge in [0.2, 0.25) is 0 Å². The van der Waals surface area contributed by atoms with E-state index in [1.165, 1.54) is 26.1 Å². The van der Waals surface area contributed by atoms with Gasteiger partial charge in [-0.3, -0.25) is 0 Å². The number of thioether (sulfide) groups is 1. The van der Waals surface area contributed by atoms with Crippen LogP contribution in [0.5, 0.6) is 0 Å². The molecule has 1 aliphatic heterocycles. The van der Waals surface area contributed by atoms with Gasteiger partial charge < -0.3 is 9.47 Å².